The van der Waals surface area contributed by atoms with Gasteiger partial charge >= 0.3 is 0 Å². The molecule has 0 bridgehead atoms. The van der Waals surface area contributed by atoms with E-state index < -0.39 is 10.0 Å². The summed E-state index contributed by atoms with van der Waals surface area (Å²) < 4.78 is 32.0. The highest BCUT2D eigenvalue weighted by molar-refractivity contribution is 7.88. The first-order chi connectivity index (χ1) is 10.6. The molecule has 1 N–H and O–H groups in total. The first-order valence-electron chi connectivity index (χ1n) is 7.20. The lowest BCUT2D eigenvalue weighted by Gasteiger charge is -2.08. The van der Waals surface area contributed by atoms with Gasteiger partial charge < -0.3 is 4.74 Å². The highest BCUT2D eigenvalue weighted by Gasteiger charge is 2.10. The van der Waals surface area contributed by atoms with E-state index in [9.17, 15) is 8.42 Å². The second-order valence-corrected chi connectivity index (χ2v) is 6.99. The minimum Gasteiger partial charge on any atom is -0.375 e. The van der Waals surface area contributed by atoms with Gasteiger partial charge in [-0.05, 0) is 18.1 Å². The van der Waals surface area contributed by atoms with E-state index in [0.29, 0.717) is 13.2 Å². The maximum absolute atomic E-state index is 12.0. The van der Waals surface area contributed by atoms with E-state index in [2.05, 4.69) is 4.72 Å². The van der Waals surface area contributed by atoms with Crippen LogP contribution in [0, 0.1) is 6.92 Å². The summed E-state index contributed by atoms with van der Waals surface area (Å²) in [4.78, 5) is 0. The van der Waals surface area contributed by atoms with Gasteiger partial charge in [0.1, 0.15) is 0 Å². The molecule has 0 saturated carbocycles. The Morgan fingerprint density at radius 3 is 2.45 bits per heavy atom. The molecule has 22 heavy (non-hydrogen) atoms. The van der Waals surface area contributed by atoms with Gasteiger partial charge in [-0.3, -0.25) is 0 Å². The van der Waals surface area contributed by atoms with E-state index in [1.54, 1.807) is 0 Å². The minimum atomic E-state index is -3.33. The van der Waals surface area contributed by atoms with Crippen LogP contribution in [-0.2, 0) is 27.1 Å². The summed E-state index contributed by atoms with van der Waals surface area (Å²) >= 11 is 0. The van der Waals surface area contributed by atoms with E-state index in [-0.39, 0.29) is 12.3 Å². The molecule has 0 amide bonds. The van der Waals surface area contributed by atoms with Crippen LogP contribution >= 0.6 is 0 Å². The summed E-state index contributed by atoms with van der Waals surface area (Å²) in [6.07, 6.45) is 0. The first kappa shape index (κ1) is 16.7. The van der Waals surface area contributed by atoms with Crippen molar-refractivity contribution in [2.45, 2.75) is 19.3 Å². The molecule has 2 aromatic rings. The Morgan fingerprint density at radius 1 is 1.00 bits per heavy atom. The lowest BCUT2D eigenvalue weighted by atomic mass is 10.2. The first-order valence-corrected chi connectivity index (χ1v) is 8.85. The minimum absolute atomic E-state index is 0.00658. The molecule has 118 valence electrons. The zero-order valence-corrected chi connectivity index (χ0v) is 13.5. The second kappa shape index (κ2) is 8.08. The average molecular weight is 319 g/mol. The number of nitrogens with one attached hydrogen (secondary N) is 1. The van der Waals surface area contributed by atoms with E-state index in [4.69, 9.17) is 4.74 Å². The Kier molecular flexibility index (Phi) is 6.12. The summed E-state index contributed by atoms with van der Waals surface area (Å²) in [5.74, 6) is -0.00658. The molecule has 4 nitrogen and oxygen atoms in total. The third-order valence-corrected chi connectivity index (χ3v) is 4.48. The molecule has 0 saturated heterocycles. The molecule has 0 atom stereocenters. The van der Waals surface area contributed by atoms with Crippen LogP contribution < -0.4 is 4.72 Å². The maximum Gasteiger partial charge on any atom is 0.215 e. The van der Waals surface area contributed by atoms with Gasteiger partial charge in [-0.15, -0.1) is 0 Å². The van der Waals surface area contributed by atoms with Gasteiger partial charge in [0.25, 0.3) is 0 Å². The molecule has 0 spiro atoms. The standard InChI is InChI=1S/C17H21NO3S/c1-15-6-5-9-17(12-15)14-22(19,20)18-10-11-21-13-16-7-3-2-4-8-16/h2-9,12,18H,10-11,13-14H2,1H3. The Bertz CT molecular complexity index is 684. The number of ether oxygens (including phenoxy) is 1. The number of aryl methyl sites for hydroxylation is 1. The molecule has 0 fully saturated rings. The van der Waals surface area contributed by atoms with Crippen LogP contribution in [0.5, 0.6) is 0 Å². The summed E-state index contributed by atoms with van der Waals surface area (Å²) in [6.45, 7) is 3.06. The quantitative estimate of drug-likeness (QED) is 0.761. The molecule has 0 aliphatic heterocycles. The fraction of sp³-hybridized carbons (Fsp3) is 0.294. The largest absolute Gasteiger partial charge is 0.375 e. The Balaban J connectivity index is 1.71. The summed E-state index contributed by atoms with van der Waals surface area (Å²) in [5.41, 5.74) is 2.92. The van der Waals surface area contributed by atoms with Gasteiger partial charge in [0, 0.05) is 6.54 Å². The molecular formula is C17H21NO3S. The number of benzene rings is 2. The molecule has 0 unspecified atom stereocenters. The van der Waals surface area contributed by atoms with Crippen LogP contribution in [0.2, 0.25) is 0 Å². The van der Waals surface area contributed by atoms with Gasteiger partial charge in [0.2, 0.25) is 10.0 Å². The number of rotatable bonds is 8. The SMILES string of the molecule is Cc1cccc(CS(=O)(=O)NCCOCc2ccccc2)c1. The molecule has 0 aliphatic carbocycles. The maximum atomic E-state index is 12.0. The highest BCUT2D eigenvalue weighted by Crippen LogP contribution is 2.07. The molecule has 5 heteroatoms. The monoisotopic (exact) mass is 319 g/mol. The smallest absolute Gasteiger partial charge is 0.215 e. The van der Waals surface area contributed by atoms with Gasteiger partial charge in [-0.25, -0.2) is 13.1 Å². The molecule has 0 aliphatic rings. The topological polar surface area (TPSA) is 55.4 Å². The molecule has 0 aromatic heterocycles. The van der Waals surface area contributed by atoms with Crippen LogP contribution in [0.15, 0.2) is 54.6 Å². The van der Waals surface area contributed by atoms with E-state index >= 15 is 0 Å². The lowest BCUT2D eigenvalue weighted by molar-refractivity contribution is 0.126. The Hall–Kier alpha value is -1.69. The van der Waals surface area contributed by atoms with Crippen LogP contribution in [0.1, 0.15) is 16.7 Å². The molecule has 0 radical (unpaired) electrons. The Labute approximate surface area is 132 Å². The van der Waals surface area contributed by atoms with Crippen molar-refractivity contribution in [3.05, 3.63) is 71.3 Å². The molecular weight excluding hydrogens is 298 g/mol. The molecule has 2 aromatic carbocycles. The number of sulfonamides is 1. The number of hydrogen-bond acceptors (Lipinski definition) is 3. The van der Waals surface area contributed by atoms with Crippen molar-refractivity contribution in [3.63, 3.8) is 0 Å². The van der Waals surface area contributed by atoms with Crippen LogP contribution in [-0.4, -0.2) is 21.6 Å². The van der Waals surface area contributed by atoms with Crippen molar-refractivity contribution in [2.75, 3.05) is 13.2 Å². The predicted molar refractivity (Wildman–Crippen MR) is 87.9 cm³/mol. The fourth-order valence-electron chi connectivity index (χ4n) is 2.11. The normalized spacial score (nSPS) is 11.5. The fourth-order valence-corrected chi connectivity index (χ4v) is 3.22. The van der Waals surface area contributed by atoms with Crippen LogP contribution in [0.3, 0.4) is 0 Å². The van der Waals surface area contributed by atoms with Crippen molar-refractivity contribution in [3.8, 4) is 0 Å². The van der Waals surface area contributed by atoms with Crippen LogP contribution in [0.25, 0.3) is 0 Å². The summed E-state index contributed by atoms with van der Waals surface area (Å²) in [6, 6.07) is 17.3. The Morgan fingerprint density at radius 2 is 1.73 bits per heavy atom. The predicted octanol–water partition coefficient (Wildman–Crippen LogP) is 2.63. The van der Waals surface area contributed by atoms with Crippen molar-refractivity contribution in [2.24, 2.45) is 0 Å². The van der Waals surface area contributed by atoms with Crippen molar-refractivity contribution in [1.82, 2.24) is 4.72 Å². The van der Waals surface area contributed by atoms with E-state index in [0.717, 1.165) is 16.7 Å². The molecule has 2 rings (SSSR count). The highest BCUT2D eigenvalue weighted by atomic mass is 32.2. The summed E-state index contributed by atoms with van der Waals surface area (Å²) in [5, 5.41) is 0. The van der Waals surface area contributed by atoms with Gasteiger partial charge in [0.05, 0.1) is 19.0 Å². The second-order valence-electron chi connectivity index (χ2n) is 5.18. The zero-order valence-electron chi connectivity index (χ0n) is 12.7. The molecule has 0 heterocycles. The van der Waals surface area contributed by atoms with Gasteiger partial charge in [-0.2, -0.15) is 0 Å². The van der Waals surface area contributed by atoms with Crippen LogP contribution in [0.4, 0.5) is 0 Å². The van der Waals surface area contributed by atoms with E-state index in [1.807, 2.05) is 61.5 Å². The van der Waals surface area contributed by atoms with Crippen molar-refractivity contribution in [1.29, 1.82) is 0 Å². The van der Waals surface area contributed by atoms with E-state index in [1.165, 1.54) is 0 Å². The third-order valence-electron chi connectivity index (χ3n) is 3.12. The third kappa shape index (κ3) is 5.97. The summed E-state index contributed by atoms with van der Waals surface area (Å²) in [7, 11) is -3.33. The number of hydrogen-bond donors (Lipinski definition) is 1. The van der Waals surface area contributed by atoms with Gasteiger partial charge in [-0.1, -0.05) is 60.2 Å². The average Bonchev–Trinajstić information content (AvgIpc) is 2.47. The van der Waals surface area contributed by atoms with Crippen molar-refractivity contribution < 1.29 is 13.2 Å². The van der Waals surface area contributed by atoms with Gasteiger partial charge in [0.15, 0.2) is 0 Å². The zero-order chi connectivity index (χ0) is 15.8. The lowest BCUT2D eigenvalue weighted by Crippen LogP contribution is -2.28. The van der Waals surface area contributed by atoms with Crippen molar-refractivity contribution >= 4 is 10.0 Å².